The molecule has 0 aliphatic carbocycles. The highest BCUT2D eigenvalue weighted by Gasteiger charge is 2.42. The molecule has 1 aliphatic rings. The molecule has 0 fully saturated rings. The molecule has 0 saturated carbocycles. The quantitative estimate of drug-likeness (QED) is 0.579. The van der Waals surface area contributed by atoms with Crippen molar-refractivity contribution in [3.05, 3.63) is 81.2 Å². The van der Waals surface area contributed by atoms with Crippen molar-refractivity contribution in [3.8, 4) is 0 Å². The van der Waals surface area contributed by atoms with Crippen LogP contribution in [-0.4, -0.2) is 31.1 Å². The summed E-state index contributed by atoms with van der Waals surface area (Å²) in [6.07, 6.45) is 0.681. The number of carbonyl (C=O) groups is 1. The lowest BCUT2D eigenvalue weighted by molar-refractivity contribution is 0.0708. The van der Waals surface area contributed by atoms with Gasteiger partial charge in [-0.1, -0.05) is 57.2 Å². The molecule has 0 N–H and O–H groups in total. The van der Waals surface area contributed by atoms with Crippen LogP contribution in [-0.2, 0) is 10.2 Å². The van der Waals surface area contributed by atoms with E-state index in [9.17, 15) is 9.59 Å². The normalized spacial score (nSPS) is 16.3. The lowest BCUT2D eigenvalue weighted by atomic mass is 9.86. The van der Waals surface area contributed by atoms with E-state index in [1.165, 1.54) is 5.56 Å². The van der Waals surface area contributed by atoms with Crippen LogP contribution in [0.5, 0.6) is 0 Å². The molecule has 4 rings (SSSR count). The van der Waals surface area contributed by atoms with Crippen LogP contribution in [0.15, 0.2) is 57.7 Å². The first kappa shape index (κ1) is 20.4. The predicted octanol–water partition coefficient (Wildman–Crippen LogP) is 4.67. The van der Waals surface area contributed by atoms with Crippen LogP contribution in [0.1, 0.15) is 60.5 Å². The predicted molar refractivity (Wildman–Crippen MR) is 117 cm³/mol. The summed E-state index contributed by atoms with van der Waals surface area (Å²) in [5, 5.41) is 0.499. The van der Waals surface area contributed by atoms with Crippen LogP contribution < -0.4 is 5.43 Å². The number of rotatable bonds is 5. The molecule has 0 saturated heterocycles. The lowest BCUT2D eigenvalue weighted by Crippen LogP contribution is -2.31. The number of fused-ring (bicyclic) bond motifs is 2. The van der Waals surface area contributed by atoms with Crippen molar-refractivity contribution in [2.45, 2.75) is 38.6 Å². The van der Waals surface area contributed by atoms with Gasteiger partial charge in [0.2, 0.25) is 5.76 Å². The zero-order valence-corrected chi connectivity index (χ0v) is 17.9. The first-order chi connectivity index (χ1) is 14.3. The van der Waals surface area contributed by atoms with E-state index in [1.807, 2.05) is 18.2 Å². The van der Waals surface area contributed by atoms with Crippen molar-refractivity contribution in [1.82, 2.24) is 4.90 Å². The van der Waals surface area contributed by atoms with Crippen molar-refractivity contribution in [2.24, 2.45) is 0 Å². The molecule has 0 radical (unpaired) electrons. The number of ether oxygens (including phenoxy) is 1. The lowest BCUT2D eigenvalue weighted by Gasteiger charge is -2.26. The summed E-state index contributed by atoms with van der Waals surface area (Å²) < 4.78 is 11.1. The average Bonchev–Trinajstić information content (AvgIpc) is 3.00. The highest BCUT2D eigenvalue weighted by Crippen LogP contribution is 2.38. The number of hydrogen-bond donors (Lipinski definition) is 0. The molecule has 1 aromatic heterocycles. The molecular formula is C25H27NO4. The Kier molecular flexibility index (Phi) is 5.24. The van der Waals surface area contributed by atoms with Gasteiger partial charge in [-0.3, -0.25) is 9.59 Å². The molecule has 1 atom stereocenters. The van der Waals surface area contributed by atoms with Gasteiger partial charge in [0, 0.05) is 20.3 Å². The maximum atomic E-state index is 13.4. The third kappa shape index (κ3) is 3.43. The minimum Gasteiger partial charge on any atom is -0.450 e. The molecular weight excluding hydrogens is 378 g/mol. The molecule has 2 heterocycles. The molecule has 0 bridgehead atoms. The Morgan fingerprint density at radius 3 is 2.40 bits per heavy atom. The first-order valence-electron chi connectivity index (χ1n) is 10.3. The summed E-state index contributed by atoms with van der Waals surface area (Å²) in [7, 11) is 1.64. The summed E-state index contributed by atoms with van der Waals surface area (Å²) >= 11 is 0. The number of benzene rings is 2. The Labute approximate surface area is 176 Å². The van der Waals surface area contributed by atoms with Gasteiger partial charge in [0.05, 0.1) is 17.0 Å². The highest BCUT2D eigenvalue weighted by molar-refractivity contribution is 5.99. The Balaban J connectivity index is 1.86. The van der Waals surface area contributed by atoms with Gasteiger partial charge in [-0.15, -0.1) is 0 Å². The van der Waals surface area contributed by atoms with E-state index < -0.39 is 6.04 Å². The van der Waals surface area contributed by atoms with E-state index in [2.05, 4.69) is 32.9 Å². The molecule has 1 amide bonds. The monoisotopic (exact) mass is 405 g/mol. The van der Waals surface area contributed by atoms with Gasteiger partial charge in [-0.25, -0.2) is 0 Å². The smallest absolute Gasteiger partial charge is 0.290 e. The molecule has 30 heavy (non-hydrogen) atoms. The number of carbonyl (C=O) groups excluding carboxylic acids is 1. The molecule has 5 nitrogen and oxygen atoms in total. The topological polar surface area (TPSA) is 59.8 Å². The Morgan fingerprint density at radius 2 is 1.73 bits per heavy atom. The zero-order valence-electron chi connectivity index (χ0n) is 17.9. The number of amides is 1. The van der Waals surface area contributed by atoms with Gasteiger partial charge in [-0.05, 0) is 35.1 Å². The van der Waals surface area contributed by atoms with Crippen LogP contribution in [0.2, 0.25) is 0 Å². The van der Waals surface area contributed by atoms with Crippen molar-refractivity contribution < 1.29 is 13.9 Å². The van der Waals surface area contributed by atoms with Crippen molar-refractivity contribution in [2.75, 3.05) is 20.3 Å². The molecule has 156 valence electrons. The fraction of sp³-hybridized carbons (Fsp3) is 0.360. The van der Waals surface area contributed by atoms with Gasteiger partial charge in [-0.2, -0.15) is 0 Å². The summed E-state index contributed by atoms with van der Waals surface area (Å²) in [5.41, 5.74) is 2.87. The largest absolute Gasteiger partial charge is 0.450 e. The molecule has 2 aromatic carbocycles. The van der Waals surface area contributed by atoms with Crippen molar-refractivity contribution in [1.29, 1.82) is 0 Å². The third-order valence-corrected chi connectivity index (χ3v) is 5.71. The maximum absolute atomic E-state index is 13.4. The van der Waals surface area contributed by atoms with Crippen LogP contribution in [0.3, 0.4) is 0 Å². The summed E-state index contributed by atoms with van der Waals surface area (Å²) in [6.45, 7) is 7.51. The van der Waals surface area contributed by atoms with Gasteiger partial charge in [0.25, 0.3) is 5.91 Å². The van der Waals surface area contributed by atoms with Gasteiger partial charge < -0.3 is 14.1 Å². The fourth-order valence-corrected chi connectivity index (χ4v) is 4.09. The molecule has 3 aromatic rings. The van der Waals surface area contributed by atoms with Crippen LogP contribution in [0.4, 0.5) is 0 Å². The van der Waals surface area contributed by atoms with Crippen LogP contribution >= 0.6 is 0 Å². The molecule has 0 spiro atoms. The average molecular weight is 405 g/mol. The van der Waals surface area contributed by atoms with Crippen molar-refractivity contribution in [3.63, 3.8) is 0 Å². The van der Waals surface area contributed by atoms with Crippen molar-refractivity contribution >= 4 is 16.9 Å². The number of nitrogens with zero attached hydrogens (tertiary/aromatic N) is 1. The number of para-hydroxylation sites is 1. The Morgan fingerprint density at radius 1 is 1.03 bits per heavy atom. The van der Waals surface area contributed by atoms with Crippen LogP contribution in [0, 0.1) is 0 Å². The Hall–Kier alpha value is -2.92. The van der Waals surface area contributed by atoms with Crippen LogP contribution in [0.25, 0.3) is 11.0 Å². The fourth-order valence-electron chi connectivity index (χ4n) is 4.09. The standard InChI is InChI=1S/C25H27NO4/c1-25(2,3)17-12-10-16(11-13-17)21-20-22(27)18-8-5-6-9-19(18)30-23(20)24(28)26(21)14-7-15-29-4/h5-6,8-13,21H,7,14-15H2,1-4H3. The minimum atomic E-state index is -0.459. The van der Waals surface area contributed by atoms with E-state index in [4.69, 9.17) is 9.15 Å². The summed E-state index contributed by atoms with van der Waals surface area (Å²) in [5.74, 6) is -0.0881. The zero-order chi connectivity index (χ0) is 21.5. The second-order valence-electron chi connectivity index (χ2n) is 8.79. The van der Waals surface area contributed by atoms with E-state index in [0.29, 0.717) is 36.1 Å². The second kappa shape index (κ2) is 7.73. The Bertz CT molecular complexity index is 1140. The summed E-state index contributed by atoms with van der Waals surface area (Å²) in [4.78, 5) is 28.4. The molecule has 5 heteroatoms. The van der Waals surface area contributed by atoms with Gasteiger partial charge >= 0.3 is 0 Å². The molecule has 1 unspecified atom stereocenters. The third-order valence-electron chi connectivity index (χ3n) is 5.71. The second-order valence-corrected chi connectivity index (χ2v) is 8.79. The van der Waals surface area contributed by atoms with Gasteiger partial charge in [0.1, 0.15) is 5.58 Å². The minimum absolute atomic E-state index is 0.0231. The van der Waals surface area contributed by atoms with E-state index in [0.717, 1.165) is 5.56 Å². The molecule has 1 aliphatic heterocycles. The number of methoxy groups -OCH3 is 1. The van der Waals surface area contributed by atoms with Gasteiger partial charge in [0.15, 0.2) is 5.43 Å². The van der Waals surface area contributed by atoms with E-state index in [-0.39, 0.29) is 22.5 Å². The first-order valence-corrected chi connectivity index (χ1v) is 10.3. The maximum Gasteiger partial charge on any atom is 0.290 e. The SMILES string of the molecule is COCCCN1C(=O)c2oc3ccccc3c(=O)c2C1c1ccc(C(C)(C)C)cc1. The van der Waals surface area contributed by atoms with E-state index in [1.54, 1.807) is 30.2 Å². The summed E-state index contributed by atoms with van der Waals surface area (Å²) in [6, 6.07) is 14.8. The highest BCUT2D eigenvalue weighted by atomic mass is 16.5. The van der Waals surface area contributed by atoms with E-state index >= 15 is 0 Å². The number of hydrogen-bond acceptors (Lipinski definition) is 4.